The molecular formula is C9H17N3OS. The van der Waals surface area contributed by atoms with E-state index in [-0.39, 0.29) is 5.91 Å². The summed E-state index contributed by atoms with van der Waals surface area (Å²) in [4.78, 5) is 14.7. The van der Waals surface area contributed by atoms with E-state index < -0.39 is 0 Å². The predicted molar refractivity (Wildman–Crippen MR) is 60.3 cm³/mol. The third-order valence-corrected chi connectivity index (χ3v) is 3.17. The first-order valence-corrected chi connectivity index (χ1v) is 5.80. The minimum Gasteiger partial charge on any atom is -0.370 e. The Morgan fingerprint density at radius 2 is 2.50 bits per heavy atom. The lowest BCUT2D eigenvalue weighted by atomic mass is 10.1. The van der Waals surface area contributed by atoms with Crippen LogP contribution in [0.3, 0.4) is 0 Å². The molecule has 0 aromatic carbocycles. The van der Waals surface area contributed by atoms with Crippen LogP contribution in [-0.4, -0.2) is 29.4 Å². The Bertz CT molecular complexity index is 240. The first-order valence-electron chi connectivity index (χ1n) is 4.81. The van der Waals surface area contributed by atoms with Gasteiger partial charge in [-0.2, -0.15) is 0 Å². The smallest absolute Gasteiger partial charge is 0.219 e. The Hall–Kier alpha value is -0.710. The summed E-state index contributed by atoms with van der Waals surface area (Å²) in [5, 5.41) is 4.27. The van der Waals surface area contributed by atoms with Crippen molar-refractivity contribution < 1.29 is 4.79 Å². The van der Waals surface area contributed by atoms with Gasteiger partial charge in [0.05, 0.1) is 6.54 Å². The van der Waals surface area contributed by atoms with Crippen molar-refractivity contribution in [2.24, 2.45) is 16.6 Å². The standard InChI is InChI=1S/C9H17N3OS/c1-6(2)7-5-14-9(12-7)11-4-3-8(10)13/h6-7H,3-5H2,1-2H3,(H2,10,13)(H,11,12)/t7-/m1/s1. The largest absolute Gasteiger partial charge is 0.370 e. The quantitative estimate of drug-likeness (QED) is 0.721. The number of hydrogen-bond acceptors (Lipinski definition) is 3. The first kappa shape index (κ1) is 11.4. The molecule has 80 valence electrons. The third kappa shape index (κ3) is 3.57. The lowest BCUT2D eigenvalue weighted by Gasteiger charge is -2.12. The van der Waals surface area contributed by atoms with Crippen molar-refractivity contribution in [3.8, 4) is 0 Å². The van der Waals surface area contributed by atoms with Gasteiger partial charge >= 0.3 is 0 Å². The lowest BCUT2D eigenvalue weighted by molar-refractivity contribution is -0.117. The maximum absolute atomic E-state index is 10.5. The first-order chi connectivity index (χ1) is 6.59. The maximum Gasteiger partial charge on any atom is 0.219 e. The van der Waals surface area contributed by atoms with Crippen LogP contribution in [0.4, 0.5) is 0 Å². The van der Waals surface area contributed by atoms with Crippen LogP contribution in [0.2, 0.25) is 0 Å². The Kier molecular flexibility index (Phi) is 4.25. The number of rotatable bonds is 4. The topological polar surface area (TPSA) is 67.5 Å². The number of hydrogen-bond donors (Lipinski definition) is 2. The number of thioether (sulfide) groups is 1. The molecule has 1 amide bonds. The number of amides is 1. The van der Waals surface area contributed by atoms with E-state index in [2.05, 4.69) is 24.2 Å². The highest BCUT2D eigenvalue weighted by Gasteiger charge is 2.22. The van der Waals surface area contributed by atoms with Gasteiger partial charge in [-0.05, 0) is 5.92 Å². The van der Waals surface area contributed by atoms with E-state index in [4.69, 9.17) is 5.73 Å². The van der Waals surface area contributed by atoms with E-state index >= 15 is 0 Å². The highest BCUT2D eigenvalue weighted by atomic mass is 32.2. The van der Waals surface area contributed by atoms with Gasteiger partial charge in [-0.25, -0.2) is 0 Å². The Morgan fingerprint density at radius 1 is 1.79 bits per heavy atom. The molecule has 0 bridgehead atoms. The van der Waals surface area contributed by atoms with E-state index in [1.165, 1.54) is 0 Å². The van der Waals surface area contributed by atoms with Gasteiger partial charge in [0.2, 0.25) is 5.91 Å². The summed E-state index contributed by atoms with van der Waals surface area (Å²) < 4.78 is 0. The second kappa shape index (κ2) is 5.24. The summed E-state index contributed by atoms with van der Waals surface area (Å²) in [7, 11) is 0. The monoisotopic (exact) mass is 215 g/mol. The fraction of sp³-hybridized carbons (Fsp3) is 0.778. The van der Waals surface area contributed by atoms with Gasteiger partial charge in [0.15, 0.2) is 5.17 Å². The molecule has 0 saturated carbocycles. The minimum absolute atomic E-state index is 0.294. The second-order valence-corrected chi connectivity index (χ2v) is 4.72. The van der Waals surface area contributed by atoms with Crippen molar-refractivity contribution >= 4 is 22.8 Å². The molecule has 1 saturated heterocycles. The van der Waals surface area contributed by atoms with Crippen LogP contribution in [0.15, 0.2) is 4.99 Å². The molecule has 1 rings (SSSR count). The van der Waals surface area contributed by atoms with Crippen LogP contribution >= 0.6 is 11.8 Å². The zero-order valence-electron chi connectivity index (χ0n) is 8.62. The molecule has 0 radical (unpaired) electrons. The summed E-state index contributed by atoms with van der Waals surface area (Å²) in [5.74, 6) is 1.39. The average molecular weight is 215 g/mol. The minimum atomic E-state index is -0.294. The summed E-state index contributed by atoms with van der Waals surface area (Å²) in [5.41, 5.74) is 5.02. The Morgan fingerprint density at radius 3 is 3.00 bits per heavy atom. The molecule has 0 aromatic rings. The number of carbonyl (C=O) groups excluding carboxylic acids is 1. The second-order valence-electron chi connectivity index (χ2n) is 3.71. The van der Waals surface area contributed by atoms with E-state index in [9.17, 15) is 4.79 Å². The van der Waals surface area contributed by atoms with Crippen molar-refractivity contribution in [1.82, 2.24) is 5.32 Å². The summed E-state index contributed by atoms with van der Waals surface area (Å²) >= 11 is 1.72. The molecule has 0 aliphatic carbocycles. The molecule has 5 heteroatoms. The molecule has 14 heavy (non-hydrogen) atoms. The molecule has 1 fully saturated rings. The van der Waals surface area contributed by atoms with Gasteiger partial charge < -0.3 is 11.1 Å². The SMILES string of the molecule is CC(C)[C@H]1CSC(=NCCC(N)=O)N1. The Balaban J connectivity index is 2.30. The molecule has 1 atom stereocenters. The van der Waals surface area contributed by atoms with E-state index in [1.54, 1.807) is 11.8 Å². The maximum atomic E-state index is 10.5. The van der Waals surface area contributed by atoms with Crippen LogP contribution in [0.1, 0.15) is 20.3 Å². The summed E-state index contributed by atoms with van der Waals surface area (Å²) in [6.07, 6.45) is 0.331. The van der Waals surface area contributed by atoms with Gasteiger partial charge in [-0.1, -0.05) is 25.6 Å². The fourth-order valence-electron chi connectivity index (χ4n) is 1.13. The van der Waals surface area contributed by atoms with Crippen LogP contribution in [0.25, 0.3) is 0 Å². The number of nitrogens with zero attached hydrogens (tertiary/aromatic N) is 1. The average Bonchev–Trinajstić information content (AvgIpc) is 2.52. The van der Waals surface area contributed by atoms with Crippen LogP contribution in [-0.2, 0) is 4.79 Å². The van der Waals surface area contributed by atoms with Gasteiger partial charge in [0.25, 0.3) is 0 Å². The number of aliphatic imine (C=N–C) groups is 1. The molecule has 1 heterocycles. The lowest BCUT2D eigenvalue weighted by Crippen LogP contribution is -2.31. The van der Waals surface area contributed by atoms with Crippen LogP contribution in [0.5, 0.6) is 0 Å². The van der Waals surface area contributed by atoms with Gasteiger partial charge in [0, 0.05) is 18.2 Å². The van der Waals surface area contributed by atoms with Crippen LogP contribution in [0, 0.1) is 5.92 Å². The van der Waals surface area contributed by atoms with E-state index in [0.29, 0.717) is 24.9 Å². The molecule has 3 N–H and O–H groups in total. The number of nitrogens with one attached hydrogen (secondary N) is 1. The van der Waals surface area contributed by atoms with Crippen molar-refractivity contribution in [2.75, 3.05) is 12.3 Å². The van der Waals surface area contributed by atoms with Gasteiger partial charge in [0.1, 0.15) is 0 Å². The third-order valence-electron chi connectivity index (χ3n) is 2.13. The van der Waals surface area contributed by atoms with Crippen molar-refractivity contribution in [2.45, 2.75) is 26.3 Å². The highest BCUT2D eigenvalue weighted by molar-refractivity contribution is 8.14. The number of amidine groups is 1. The zero-order valence-corrected chi connectivity index (χ0v) is 9.43. The molecule has 1 aliphatic heterocycles. The summed E-state index contributed by atoms with van der Waals surface area (Å²) in [6, 6.07) is 0.507. The molecule has 0 aromatic heterocycles. The number of carbonyl (C=O) groups is 1. The van der Waals surface area contributed by atoms with E-state index in [0.717, 1.165) is 10.9 Å². The van der Waals surface area contributed by atoms with Gasteiger partial charge in [-0.15, -0.1) is 0 Å². The molecule has 4 nitrogen and oxygen atoms in total. The zero-order chi connectivity index (χ0) is 10.6. The highest BCUT2D eigenvalue weighted by Crippen LogP contribution is 2.18. The molecule has 1 aliphatic rings. The number of nitrogens with two attached hydrogens (primary N) is 1. The molecular weight excluding hydrogens is 198 g/mol. The normalized spacial score (nSPS) is 24.2. The van der Waals surface area contributed by atoms with E-state index in [1.807, 2.05) is 0 Å². The fourth-order valence-corrected chi connectivity index (χ4v) is 2.35. The molecule has 0 spiro atoms. The molecule has 0 unspecified atom stereocenters. The summed E-state index contributed by atoms with van der Waals surface area (Å²) in [6.45, 7) is 4.87. The van der Waals surface area contributed by atoms with Crippen molar-refractivity contribution in [1.29, 1.82) is 0 Å². The number of primary amides is 1. The van der Waals surface area contributed by atoms with Gasteiger partial charge in [-0.3, -0.25) is 9.79 Å². The van der Waals surface area contributed by atoms with Crippen molar-refractivity contribution in [3.05, 3.63) is 0 Å². The van der Waals surface area contributed by atoms with Crippen molar-refractivity contribution in [3.63, 3.8) is 0 Å². The predicted octanol–water partition coefficient (Wildman–Crippen LogP) is 0.579. The Labute approximate surface area is 88.7 Å². The van der Waals surface area contributed by atoms with Crippen LogP contribution < -0.4 is 11.1 Å².